The Balaban J connectivity index is 1.86. The monoisotopic (exact) mass is 290 g/mol. The molecule has 0 aliphatic heterocycles. The van der Waals surface area contributed by atoms with Crippen molar-refractivity contribution < 1.29 is 4.92 Å². The second-order valence-corrected chi connectivity index (χ2v) is 6.00. The Hall–Kier alpha value is -1.42. The number of nitro benzene ring substituents is 1. The van der Waals surface area contributed by atoms with E-state index >= 15 is 0 Å². The zero-order valence-electron chi connectivity index (χ0n) is 12.9. The molecule has 1 aromatic rings. The molecule has 0 aromatic heterocycles. The summed E-state index contributed by atoms with van der Waals surface area (Å²) in [7, 11) is 0. The van der Waals surface area contributed by atoms with Gasteiger partial charge in [0.2, 0.25) is 0 Å². The Kier molecular flexibility index (Phi) is 6.18. The third-order valence-corrected chi connectivity index (χ3v) is 4.65. The van der Waals surface area contributed by atoms with Crippen LogP contribution in [0.2, 0.25) is 0 Å². The van der Waals surface area contributed by atoms with Gasteiger partial charge in [0, 0.05) is 17.7 Å². The summed E-state index contributed by atoms with van der Waals surface area (Å²) in [6.07, 6.45) is 8.61. The molecule has 0 radical (unpaired) electrons. The molecular formula is C17H26N2O2. The Morgan fingerprint density at radius 1 is 1.29 bits per heavy atom. The molecule has 1 saturated carbocycles. The molecule has 4 heteroatoms. The first-order valence-corrected chi connectivity index (χ1v) is 8.18. The fourth-order valence-electron chi connectivity index (χ4n) is 3.47. The van der Waals surface area contributed by atoms with Gasteiger partial charge in [-0.05, 0) is 38.1 Å². The summed E-state index contributed by atoms with van der Waals surface area (Å²) in [5.41, 5.74) is 1.07. The molecule has 1 unspecified atom stereocenters. The molecule has 0 heterocycles. The number of hydrogen-bond acceptors (Lipinski definition) is 3. The van der Waals surface area contributed by atoms with Crippen molar-refractivity contribution >= 4 is 5.69 Å². The second-order valence-electron chi connectivity index (χ2n) is 6.00. The molecule has 0 amide bonds. The van der Waals surface area contributed by atoms with E-state index in [4.69, 9.17) is 0 Å². The van der Waals surface area contributed by atoms with Crippen LogP contribution in [0.3, 0.4) is 0 Å². The summed E-state index contributed by atoms with van der Waals surface area (Å²) in [5.74, 6) is 0.787. The Bertz CT molecular complexity index is 456. The van der Waals surface area contributed by atoms with Crippen LogP contribution in [-0.2, 0) is 6.42 Å². The summed E-state index contributed by atoms with van der Waals surface area (Å²) in [6.45, 7) is 3.05. The third kappa shape index (κ3) is 4.53. The highest BCUT2D eigenvalue weighted by atomic mass is 16.6. The first-order valence-electron chi connectivity index (χ1n) is 8.18. The number of rotatable bonds is 7. The van der Waals surface area contributed by atoms with Crippen molar-refractivity contribution in [2.75, 3.05) is 6.54 Å². The van der Waals surface area contributed by atoms with Crippen molar-refractivity contribution in [3.63, 3.8) is 0 Å². The number of nitro groups is 1. The van der Waals surface area contributed by atoms with Gasteiger partial charge in [-0.3, -0.25) is 10.1 Å². The highest BCUT2D eigenvalue weighted by Gasteiger charge is 2.22. The van der Waals surface area contributed by atoms with E-state index in [0.29, 0.717) is 6.04 Å². The highest BCUT2D eigenvalue weighted by Crippen LogP contribution is 2.27. The van der Waals surface area contributed by atoms with Gasteiger partial charge < -0.3 is 5.32 Å². The Labute approximate surface area is 127 Å². The average molecular weight is 290 g/mol. The quantitative estimate of drug-likeness (QED) is 0.608. The molecule has 1 aromatic carbocycles. The first kappa shape index (κ1) is 16.0. The van der Waals surface area contributed by atoms with Gasteiger partial charge in [-0.15, -0.1) is 0 Å². The number of para-hydroxylation sites is 1. The molecule has 0 bridgehead atoms. The zero-order valence-corrected chi connectivity index (χ0v) is 12.9. The van der Waals surface area contributed by atoms with Crippen LogP contribution in [0.15, 0.2) is 24.3 Å². The lowest BCUT2D eigenvalue weighted by molar-refractivity contribution is -0.385. The lowest BCUT2D eigenvalue weighted by atomic mass is 9.83. The SMILES string of the molecule is CCC(NCCc1ccccc1[N+](=O)[O-])C1CCCCC1. The van der Waals surface area contributed by atoms with E-state index in [9.17, 15) is 10.1 Å². The van der Waals surface area contributed by atoms with Gasteiger partial charge in [0.25, 0.3) is 5.69 Å². The molecule has 1 N–H and O–H groups in total. The van der Waals surface area contributed by atoms with E-state index in [2.05, 4.69) is 12.2 Å². The fourth-order valence-corrected chi connectivity index (χ4v) is 3.47. The molecule has 1 aliphatic carbocycles. The van der Waals surface area contributed by atoms with Gasteiger partial charge in [0.15, 0.2) is 0 Å². The Morgan fingerprint density at radius 3 is 2.67 bits per heavy atom. The summed E-state index contributed by atoms with van der Waals surface area (Å²) < 4.78 is 0. The lowest BCUT2D eigenvalue weighted by Gasteiger charge is -2.30. The van der Waals surface area contributed by atoms with Crippen molar-refractivity contribution in [1.82, 2.24) is 5.32 Å². The number of nitrogens with one attached hydrogen (secondary N) is 1. The van der Waals surface area contributed by atoms with Crippen LogP contribution >= 0.6 is 0 Å². The van der Waals surface area contributed by atoms with Crippen LogP contribution in [0.4, 0.5) is 5.69 Å². The molecule has 21 heavy (non-hydrogen) atoms. The van der Waals surface area contributed by atoms with Gasteiger partial charge in [-0.2, -0.15) is 0 Å². The summed E-state index contributed by atoms with van der Waals surface area (Å²) in [6, 6.07) is 7.62. The predicted molar refractivity (Wildman–Crippen MR) is 85.5 cm³/mol. The van der Waals surface area contributed by atoms with Gasteiger partial charge >= 0.3 is 0 Å². The third-order valence-electron chi connectivity index (χ3n) is 4.65. The van der Waals surface area contributed by atoms with E-state index in [0.717, 1.165) is 30.9 Å². The number of nitrogens with zero attached hydrogens (tertiary/aromatic N) is 1. The van der Waals surface area contributed by atoms with Gasteiger partial charge in [-0.25, -0.2) is 0 Å². The summed E-state index contributed by atoms with van der Waals surface area (Å²) in [4.78, 5) is 10.7. The molecule has 0 saturated heterocycles. The number of hydrogen-bond donors (Lipinski definition) is 1. The predicted octanol–water partition coefficient (Wildman–Crippen LogP) is 4.09. The molecule has 1 fully saturated rings. The van der Waals surface area contributed by atoms with Gasteiger partial charge in [0.1, 0.15) is 0 Å². The summed E-state index contributed by atoms with van der Waals surface area (Å²) in [5, 5.41) is 14.6. The van der Waals surface area contributed by atoms with Crippen molar-refractivity contribution in [1.29, 1.82) is 0 Å². The normalized spacial score (nSPS) is 17.6. The fraction of sp³-hybridized carbons (Fsp3) is 0.647. The second kappa shape index (κ2) is 8.13. The molecule has 116 valence electrons. The van der Waals surface area contributed by atoms with Gasteiger partial charge in [0.05, 0.1) is 4.92 Å². The van der Waals surface area contributed by atoms with Crippen LogP contribution in [0.25, 0.3) is 0 Å². The van der Waals surface area contributed by atoms with E-state index in [-0.39, 0.29) is 10.6 Å². The van der Waals surface area contributed by atoms with Crippen LogP contribution in [-0.4, -0.2) is 17.5 Å². The number of benzene rings is 1. The van der Waals surface area contributed by atoms with Crippen molar-refractivity contribution in [2.24, 2.45) is 5.92 Å². The minimum Gasteiger partial charge on any atom is -0.313 e. The molecule has 4 nitrogen and oxygen atoms in total. The molecule has 2 rings (SSSR count). The molecule has 0 spiro atoms. The maximum Gasteiger partial charge on any atom is 0.272 e. The molecule has 1 aliphatic rings. The molecular weight excluding hydrogens is 264 g/mol. The standard InChI is InChI=1S/C17H26N2O2/c1-2-16(14-8-4-3-5-9-14)18-13-12-15-10-6-7-11-17(15)19(20)21/h6-7,10-11,14,16,18H,2-5,8-9,12-13H2,1H3. The van der Waals surface area contributed by atoms with Crippen LogP contribution in [0, 0.1) is 16.0 Å². The van der Waals surface area contributed by atoms with Crippen LogP contribution < -0.4 is 5.32 Å². The minimum absolute atomic E-state index is 0.241. The maximum atomic E-state index is 11.0. The van der Waals surface area contributed by atoms with Crippen LogP contribution in [0.1, 0.15) is 51.0 Å². The first-order chi connectivity index (χ1) is 10.2. The smallest absolute Gasteiger partial charge is 0.272 e. The van der Waals surface area contributed by atoms with Crippen molar-refractivity contribution in [3.8, 4) is 0 Å². The van der Waals surface area contributed by atoms with E-state index < -0.39 is 0 Å². The summed E-state index contributed by atoms with van der Waals surface area (Å²) >= 11 is 0. The molecule has 1 atom stereocenters. The Morgan fingerprint density at radius 2 is 2.00 bits per heavy atom. The maximum absolute atomic E-state index is 11.0. The van der Waals surface area contributed by atoms with Crippen LogP contribution in [0.5, 0.6) is 0 Å². The topological polar surface area (TPSA) is 55.2 Å². The van der Waals surface area contributed by atoms with E-state index in [1.165, 1.54) is 32.1 Å². The average Bonchev–Trinajstić information content (AvgIpc) is 2.52. The van der Waals surface area contributed by atoms with E-state index in [1.54, 1.807) is 12.1 Å². The van der Waals surface area contributed by atoms with Crippen molar-refractivity contribution in [2.45, 2.75) is 57.9 Å². The highest BCUT2D eigenvalue weighted by molar-refractivity contribution is 5.39. The minimum atomic E-state index is -0.284. The lowest BCUT2D eigenvalue weighted by Crippen LogP contribution is -2.37. The zero-order chi connectivity index (χ0) is 15.1. The van der Waals surface area contributed by atoms with E-state index in [1.807, 2.05) is 12.1 Å². The van der Waals surface area contributed by atoms with Gasteiger partial charge in [-0.1, -0.05) is 44.4 Å². The van der Waals surface area contributed by atoms with Crippen molar-refractivity contribution in [3.05, 3.63) is 39.9 Å². The largest absolute Gasteiger partial charge is 0.313 e.